The predicted octanol–water partition coefficient (Wildman–Crippen LogP) is 14.8. The number of hydrogen-bond acceptors (Lipinski definition) is 9. The standard InChI is InChI=1S/C61H83NO9.C6H15N/c1-41(2)12-11-13-42(3)52-26-27-53-51-25-20-47-40-50(30-35-59(47,4)54(51)31-36-60(52,53)5)70-58(66)62-37-32-43(33-38-62)55(71-57(65)29-28-56(63)64)34-39-69-61(44-14-9-8-10-15-44,45-16-21-48(67-6)22-17-45)46-18-23-49(68-7)24-19-46;1-4-7(5-2)6-3/h8-10,14-24,41-43,50-55H,11-13,25-40H2,1-7H3,(H,63,64);4-6H2,1-3H3/t42-,50+,51+,52-,53+,54+,55?,59+,60-;/m1./s1. The summed E-state index contributed by atoms with van der Waals surface area (Å²) in [6.45, 7) is 23.8. The first-order chi connectivity index (χ1) is 37.5. The number of hydrogen-bond donors (Lipinski definition) is 1. The molecule has 0 spiro atoms. The van der Waals surface area contributed by atoms with Gasteiger partial charge in [0.05, 0.1) is 33.7 Å². The lowest BCUT2D eigenvalue weighted by molar-refractivity contribution is -0.157. The fourth-order valence-corrected chi connectivity index (χ4v) is 15.3. The van der Waals surface area contributed by atoms with Crippen molar-refractivity contribution in [3.05, 3.63) is 107 Å². The molecule has 3 aromatic carbocycles. The third kappa shape index (κ3) is 14.2. The molecule has 0 bridgehead atoms. The minimum atomic E-state index is -1.06. The maximum absolute atomic E-state index is 14.0. The number of carboxylic acids is 1. The molecule has 1 amide bonds. The zero-order valence-electron chi connectivity index (χ0n) is 49.4. The highest BCUT2D eigenvalue weighted by Gasteiger charge is 2.59. The number of methoxy groups -OCH3 is 2. The van der Waals surface area contributed by atoms with Gasteiger partial charge in [0, 0.05) is 25.9 Å². The lowest BCUT2D eigenvalue weighted by atomic mass is 9.47. The van der Waals surface area contributed by atoms with Crippen LogP contribution in [0.3, 0.4) is 0 Å². The Morgan fingerprint density at radius 1 is 0.731 bits per heavy atom. The van der Waals surface area contributed by atoms with Crippen LogP contribution in [0.1, 0.15) is 175 Å². The van der Waals surface area contributed by atoms with Crippen LogP contribution < -0.4 is 9.47 Å². The molecule has 11 nitrogen and oxygen atoms in total. The lowest BCUT2D eigenvalue weighted by Gasteiger charge is -2.58. The maximum atomic E-state index is 14.0. The lowest BCUT2D eigenvalue weighted by Crippen LogP contribution is -2.51. The van der Waals surface area contributed by atoms with E-state index in [4.69, 9.17) is 23.7 Å². The number of likely N-dealkylation sites (tertiary alicyclic amines) is 1. The predicted molar refractivity (Wildman–Crippen MR) is 311 cm³/mol. The summed E-state index contributed by atoms with van der Waals surface area (Å²) in [7, 11) is 3.28. The van der Waals surface area contributed by atoms with Crippen LogP contribution in [0.25, 0.3) is 0 Å². The van der Waals surface area contributed by atoms with E-state index in [0.29, 0.717) is 43.7 Å². The summed E-state index contributed by atoms with van der Waals surface area (Å²) in [5.74, 6) is 4.49. The highest BCUT2D eigenvalue weighted by Crippen LogP contribution is 2.67. The monoisotopic (exact) mass is 1070 g/mol. The Bertz CT molecular complexity index is 2320. The maximum Gasteiger partial charge on any atom is 0.410 e. The average molecular weight is 1080 g/mol. The number of piperidine rings is 1. The number of carbonyl (C=O) groups is 3. The minimum absolute atomic E-state index is 0.0687. The Balaban J connectivity index is 0.00000118. The second-order valence-corrected chi connectivity index (χ2v) is 24.5. The van der Waals surface area contributed by atoms with Crippen LogP contribution in [0.5, 0.6) is 11.5 Å². The Labute approximate surface area is 469 Å². The molecule has 5 aliphatic rings. The van der Waals surface area contributed by atoms with Gasteiger partial charge in [-0.3, -0.25) is 9.59 Å². The Kier molecular flexibility index (Phi) is 21.8. The van der Waals surface area contributed by atoms with E-state index >= 15 is 0 Å². The van der Waals surface area contributed by atoms with Crippen molar-refractivity contribution in [1.82, 2.24) is 9.80 Å². The molecule has 3 saturated carbocycles. The number of amides is 1. The molecule has 3 aromatic rings. The van der Waals surface area contributed by atoms with Gasteiger partial charge in [0.2, 0.25) is 0 Å². The number of ether oxygens (including phenoxy) is 5. The normalized spacial score (nSPS) is 25.8. The zero-order chi connectivity index (χ0) is 56.0. The molecule has 1 saturated heterocycles. The first-order valence-corrected chi connectivity index (χ1v) is 30.3. The molecule has 1 heterocycles. The van der Waals surface area contributed by atoms with E-state index in [0.717, 1.165) is 77.0 Å². The largest absolute Gasteiger partial charge is 0.497 e. The smallest absolute Gasteiger partial charge is 0.410 e. The Morgan fingerprint density at radius 2 is 1.35 bits per heavy atom. The molecule has 1 N–H and O–H groups in total. The molecule has 4 aliphatic carbocycles. The van der Waals surface area contributed by atoms with Gasteiger partial charge in [-0.05, 0) is 171 Å². The summed E-state index contributed by atoms with van der Waals surface area (Å²) in [5.41, 5.74) is 3.79. The Hall–Kier alpha value is -4.87. The van der Waals surface area contributed by atoms with Gasteiger partial charge in [0.1, 0.15) is 29.3 Å². The number of nitrogens with zero attached hydrogens (tertiary/aromatic N) is 2. The average Bonchev–Trinajstić information content (AvgIpc) is 4.02. The van der Waals surface area contributed by atoms with Gasteiger partial charge < -0.3 is 38.6 Å². The number of rotatable bonds is 23. The number of benzene rings is 3. The number of fused-ring (bicyclic) bond motifs is 5. The Morgan fingerprint density at radius 3 is 1.91 bits per heavy atom. The van der Waals surface area contributed by atoms with E-state index in [2.05, 4.69) is 66.4 Å². The van der Waals surface area contributed by atoms with Crippen molar-refractivity contribution in [1.29, 1.82) is 0 Å². The molecule has 11 heteroatoms. The van der Waals surface area contributed by atoms with Crippen molar-refractivity contribution in [2.45, 2.75) is 176 Å². The van der Waals surface area contributed by atoms with E-state index < -0.39 is 23.6 Å². The second kappa shape index (κ2) is 28.0. The highest BCUT2D eigenvalue weighted by atomic mass is 16.6. The second-order valence-electron chi connectivity index (χ2n) is 24.5. The number of allylic oxidation sites excluding steroid dienone is 1. The van der Waals surface area contributed by atoms with Crippen LogP contribution in [0.15, 0.2) is 90.5 Å². The number of carboxylic acid groups (broad SMARTS) is 1. The molecular weight excluding hydrogens is 977 g/mol. The number of carbonyl (C=O) groups excluding carboxylic acids is 2. The van der Waals surface area contributed by atoms with Gasteiger partial charge >= 0.3 is 18.0 Å². The van der Waals surface area contributed by atoms with Gasteiger partial charge in [0.25, 0.3) is 0 Å². The molecule has 0 radical (unpaired) electrons. The molecule has 78 heavy (non-hydrogen) atoms. The van der Waals surface area contributed by atoms with Crippen molar-refractivity contribution in [2.75, 3.05) is 53.6 Å². The van der Waals surface area contributed by atoms with Crippen molar-refractivity contribution in [3.8, 4) is 11.5 Å². The van der Waals surface area contributed by atoms with Gasteiger partial charge in [0.15, 0.2) is 0 Å². The molecule has 0 aromatic heterocycles. The van der Waals surface area contributed by atoms with Gasteiger partial charge in [-0.2, -0.15) is 0 Å². The van der Waals surface area contributed by atoms with Gasteiger partial charge in [-0.1, -0.05) is 141 Å². The summed E-state index contributed by atoms with van der Waals surface area (Å²) in [6, 6.07) is 25.8. The number of esters is 1. The van der Waals surface area contributed by atoms with Crippen molar-refractivity contribution < 1.29 is 43.2 Å². The molecule has 4 fully saturated rings. The third-order valence-electron chi connectivity index (χ3n) is 19.9. The van der Waals surface area contributed by atoms with E-state index in [1.165, 1.54) is 76.6 Å². The summed E-state index contributed by atoms with van der Waals surface area (Å²) >= 11 is 0. The van der Waals surface area contributed by atoms with Crippen LogP contribution >= 0.6 is 0 Å². The molecule has 8 rings (SSSR count). The third-order valence-corrected chi connectivity index (χ3v) is 19.9. The van der Waals surface area contributed by atoms with Gasteiger partial charge in [-0.15, -0.1) is 0 Å². The zero-order valence-corrected chi connectivity index (χ0v) is 49.4. The molecule has 1 aliphatic heterocycles. The quantitative estimate of drug-likeness (QED) is 0.0558. The fraction of sp³-hybridized carbons (Fsp3) is 0.657. The SMILES string of the molecule is CCN(CC)CC.COc1ccc(C(OCCC(OC(=O)CCC(=O)O)C2CCN(C(=O)O[C@H]3CC[C@@]4(C)C(=CC[C@H]5[C@@H]6CC[C@H]([C@H](C)CCCC(C)C)[C@@]6(C)CC[C@@H]54)C3)CC2)(c2ccccc2)c2ccc(OC)cc2)cc1. The van der Waals surface area contributed by atoms with Crippen LogP contribution in [0.2, 0.25) is 0 Å². The molecule has 430 valence electrons. The van der Waals surface area contributed by atoms with E-state index in [1.54, 1.807) is 14.2 Å². The van der Waals surface area contributed by atoms with Crippen LogP contribution in [-0.4, -0.2) is 98.7 Å². The van der Waals surface area contributed by atoms with E-state index in [9.17, 15) is 19.5 Å². The first kappa shape index (κ1) is 60.8. The molecular formula is C67H98N2O9. The van der Waals surface area contributed by atoms with Crippen LogP contribution in [0, 0.1) is 52.3 Å². The first-order valence-electron chi connectivity index (χ1n) is 30.3. The van der Waals surface area contributed by atoms with Crippen LogP contribution in [-0.2, 0) is 29.4 Å². The van der Waals surface area contributed by atoms with E-state index in [-0.39, 0.29) is 43.0 Å². The summed E-state index contributed by atoms with van der Waals surface area (Å²) in [5, 5.41) is 9.38. The van der Waals surface area contributed by atoms with E-state index in [1.807, 2.05) is 83.8 Å². The highest BCUT2D eigenvalue weighted by molar-refractivity contribution is 5.76. The molecule has 1 unspecified atom stereocenters. The van der Waals surface area contributed by atoms with Crippen LogP contribution in [0.4, 0.5) is 4.79 Å². The summed E-state index contributed by atoms with van der Waals surface area (Å²) in [4.78, 5) is 42.9. The minimum Gasteiger partial charge on any atom is -0.497 e. The van der Waals surface area contributed by atoms with Gasteiger partial charge in [-0.25, -0.2) is 4.79 Å². The van der Waals surface area contributed by atoms with Crippen molar-refractivity contribution in [2.24, 2.45) is 52.3 Å². The summed E-state index contributed by atoms with van der Waals surface area (Å²) < 4.78 is 30.7. The molecule has 9 atom stereocenters. The van der Waals surface area contributed by atoms with Crippen molar-refractivity contribution >= 4 is 18.0 Å². The fourth-order valence-electron chi connectivity index (χ4n) is 15.3. The summed E-state index contributed by atoms with van der Waals surface area (Å²) in [6.07, 6.45) is 16.2. The van der Waals surface area contributed by atoms with Crippen molar-refractivity contribution in [3.63, 3.8) is 0 Å². The number of aliphatic carboxylic acids is 1. The topological polar surface area (TPSA) is 124 Å².